The van der Waals surface area contributed by atoms with Crippen molar-refractivity contribution in [2.75, 3.05) is 18.3 Å². The summed E-state index contributed by atoms with van der Waals surface area (Å²) in [4.78, 5) is 8.69. The molecule has 0 saturated heterocycles. The maximum Gasteiger partial charge on any atom is 0.226 e. The van der Waals surface area contributed by atoms with Gasteiger partial charge in [0.25, 0.3) is 0 Å². The Morgan fingerprint density at radius 2 is 1.95 bits per heavy atom. The molecule has 0 aliphatic rings. The summed E-state index contributed by atoms with van der Waals surface area (Å²) in [5.41, 5.74) is 1.48. The SMILES string of the molecule is COc1cc(C)nc(NC(C)(CCl)c2ccccc2)n1. The Bertz CT molecular complexity index is 577. The minimum absolute atomic E-state index is 0.399. The number of rotatable bonds is 5. The molecule has 1 atom stereocenters. The van der Waals surface area contributed by atoms with Gasteiger partial charge in [-0.05, 0) is 19.4 Å². The van der Waals surface area contributed by atoms with E-state index in [-0.39, 0.29) is 0 Å². The molecule has 1 aromatic carbocycles. The molecule has 1 heterocycles. The van der Waals surface area contributed by atoms with Crippen LogP contribution in [0.25, 0.3) is 0 Å². The van der Waals surface area contributed by atoms with Crippen LogP contribution in [0.2, 0.25) is 0 Å². The number of benzene rings is 1. The molecule has 0 saturated carbocycles. The summed E-state index contributed by atoms with van der Waals surface area (Å²) in [6.07, 6.45) is 0. The molecular formula is C15H18ClN3O. The summed E-state index contributed by atoms with van der Waals surface area (Å²) >= 11 is 6.16. The number of halogens is 1. The van der Waals surface area contributed by atoms with Crippen molar-refractivity contribution in [2.45, 2.75) is 19.4 Å². The fourth-order valence-corrected chi connectivity index (χ4v) is 2.16. The van der Waals surface area contributed by atoms with Gasteiger partial charge in [0.1, 0.15) is 0 Å². The molecule has 0 radical (unpaired) electrons. The van der Waals surface area contributed by atoms with Gasteiger partial charge < -0.3 is 10.1 Å². The van der Waals surface area contributed by atoms with Gasteiger partial charge in [-0.2, -0.15) is 4.98 Å². The molecule has 1 unspecified atom stereocenters. The predicted molar refractivity (Wildman–Crippen MR) is 81.5 cm³/mol. The number of alkyl halides is 1. The number of nitrogens with zero attached hydrogens (tertiary/aromatic N) is 2. The highest BCUT2D eigenvalue weighted by Crippen LogP contribution is 2.26. The molecule has 0 fully saturated rings. The zero-order chi connectivity index (χ0) is 14.6. The van der Waals surface area contributed by atoms with E-state index in [0.29, 0.717) is 17.7 Å². The summed E-state index contributed by atoms with van der Waals surface area (Å²) in [7, 11) is 1.59. The van der Waals surface area contributed by atoms with Gasteiger partial charge in [-0.15, -0.1) is 11.6 Å². The Morgan fingerprint density at radius 3 is 2.55 bits per heavy atom. The highest BCUT2D eigenvalue weighted by atomic mass is 35.5. The molecule has 0 aliphatic carbocycles. The Morgan fingerprint density at radius 1 is 1.25 bits per heavy atom. The predicted octanol–water partition coefficient (Wildman–Crippen LogP) is 3.36. The second-order valence-electron chi connectivity index (χ2n) is 4.83. The molecule has 2 rings (SSSR count). The fourth-order valence-electron chi connectivity index (χ4n) is 1.94. The molecule has 106 valence electrons. The number of nitrogens with one attached hydrogen (secondary N) is 1. The number of methoxy groups -OCH3 is 1. The van der Waals surface area contributed by atoms with Crippen LogP contribution in [0.4, 0.5) is 5.95 Å². The molecule has 5 heteroatoms. The minimum Gasteiger partial charge on any atom is -0.481 e. The van der Waals surface area contributed by atoms with Crippen molar-refractivity contribution in [3.63, 3.8) is 0 Å². The second-order valence-corrected chi connectivity index (χ2v) is 5.10. The van der Waals surface area contributed by atoms with Gasteiger partial charge in [0.15, 0.2) is 0 Å². The summed E-state index contributed by atoms with van der Waals surface area (Å²) in [5.74, 6) is 1.44. The highest BCUT2D eigenvalue weighted by Gasteiger charge is 2.26. The molecule has 0 amide bonds. The van der Waals surface area contributed by atoms with E-state index in [2.05, 4.69) is 15.3 Å². The minimum atomic E-state index is -0.443. The van der Waals surface area contributed by atoms with E-state index in [1.54, 1.807) is 13.2 Å². The Hall–Kier alpha value is -1.81. The van der Waals surface area contributed by atoms with E-state index < -0.39 is 5.54 Å². The van der Waals surface area contributed by atoms with E-state index in [1.165, 1.54) is 0 Å². The lowest BCUT2D eigenvalue weighted by Crippen LogP contribution is -2.34. The van der Waals surface area contributed by atoms with Crippen molar-refractivity contribution in [3.05, 3.63) is 47.7 Å². The summed E-state index contributed by atoms with van der Waals surface area (Å²) < 4.78 is 5.17. The van der Waals surface area contributed by atoms with Crippen LogP contribution in [-0.4, -0.2) is 23.0 Å². The molecule has 0 aliphatic heterocycles. The topological polar surface area (TPSA) is 47.0 Å². The first-order valence-electron chi connectivity index (χ1n) is 6.37. The number of hydrogen-bond acceptors (Lipinski definition) is 4. The van der Waals surface area contributed by atoms with E-state index >= 15 is 0 Å². The van der Waals surface area contributed by atoms with Gasteiger partial charge in [0, 0.05) is 17.6 Å². The van der Waals surface area contributed by atoms with E-state index in [4.69, 9.17) is 16.3 Å². The van der Waals surface area contributed by atoms with Crippen LogP contribution in [0.15, 0.2) is 36.4 Å². The standard InChI is InChI=1S/C15H18ClN3O/c1-11-9-13(20-3)18-14(17-11)19-15(2,10-16)12-7-5-4-6-8-12/h4-9H,10H2,1-3H3,(H,17,18,19). The first-order valence-corrected chi connectivity index (χ1v) is 6.90. The van der Waals surface area contributed by atoms with Gasteiger partial charge in [-0.3, -0.25) is 0 Å². The zero-order valence-corrected chi connectivity index (χ0v) is 12.6. The van der Waals surface area contributed by atoms with Crippen LogP contribution in [0.5, 0.6) is 5.88 Å². The monoisotopic (exact) mass is 291 g/mol. The third-order valence-electron chi connectivity index (χ3n) is 3.11. The quantitative estimate of drug-likeness (QED) is 0.858. The lowest BCUT2D eigenvalue weighted by Gasteiger charge is -2.29. The van der Waals surface area contributed by atoms with Gasteiger partial charge in [-0.1, -0.05) is 30.3 Å². The molecule has 1 N–H and O–H groups in total. The zero-order valence-electron chi connectivity index (χ0n) is 11.9. The van der Waals surface area contributed by atoms with Crippen molar-refractivity contribution in [2.24, 2.45) is 0 Å². The molecule has 1 aromatic heterocycles. The van der Waals surface area contributed by atoms with Crippen molar-refractivity contribution >= 4 is 17.5 Å². The van der Waals surface area contributed by atoms with Crippen molar-refractivity contribution < 1.29 is 4.74 Å². The number of aryl methyl sites for hydroxylation is 1. The summed E-state index contributed by atoms with van der Waals surface area (Å²) in [6, 6.07) is 11.8. The number of ether oxygens (including phenoxy) is 1. The first kappa shape index (κ1) is 14.6. The van der Waals surface area contributed by atoms with Crippen LogP contribution in [0.3, 0.4) is 0 Å². The van der Waals surface area contributed by atoms with Gasteiger partial charge in [0.2, 0.25) is 11.8 Å². The molecular weight excluding hydrogens is 274 g/mol. The molecule has 0 bridgehead atoms. The Balaban J connectivity index is 2.33. The Labute approximate surface area is 124 Å². The lowest BCUT2D eigenvalue weighted by atomic mass is 9.94. The number of anilines is 1. The third kappa shape index (κ3) is 3.20. The van der Waals surface area contributed by atoms with Gasteiger partial charge >= 0.3 is 0 Å². The highest BCUT2D eigenvalue weighted by molar-refractivity contribution is 6.18. The number of hydrogen-bond donors (Lipinski definition) is 1. The Kier molecular flexibility index (Phi) is 4.45. The number of aromatic nitrogens is 2. The van der Waals surface area contributed by atoms with Gasteiger partial charge in [-0.25, -0.2) is 4.98 Å². The smallest absolute Gasteiger partial charge is 0.226 e. The normalized spacial score (nSPS) is 13.6. The van der Waals surface area contributed by atoms with E-state index in [9.17, 15) is 0 Å². The van der Waals surface area contributed by atoms with Crippen LogP contribution in [0.1, 0.15) is 18.2 Å². The van der Waals surface area contributed by atoms with E-state index in [0.717, 1.165) is 11.3 Å². The molecule has 20 heavy (non-hydrogen) atoms. The third-order valence-corrected chi connectivity index (χ3v) is 3.64. The van der Waals surface area contributed by atoms with Gasteiger partial charge in [0.05, 0.1) is 12.6 Å². The van der Waals surface area contributed by atoms with Crippen LogP contribution >= 0.6 is 11.6 Å². The maximum atomic E-state index is 6.16. The lowest BCUT2D eigenvalue weighted by molar-refractivity contribution is 0.396. The average Bonchev–Trinajstić information content (AvgIpc) is 2.47. The maximum absolute atomic E-state index is 6.16. The van der Waals surface area contributed by atoms with Crippen LogP contribution < -0.4 is 10.1 Å². The van der Waals surface area contributed by atoms with Crippen molar-refractivity contribution in [1.29, 1.82) is 0 Å². The molecule has 0 spiro atoms. The van der Waals surface area contributed by atoms with Crippen molar-refractivity contribution in [1.82, 2.24) is 9.97 Å². The fraction of sp³-hybridized carbons (Fsp3) is 0.333. The van der Waals surface area contributed by atoms with Crippen LogP contribution in [-0.2, 0) is 5.54 Å². The first-order chi connectivity index (χ1) is 9.57. The molecule has 4 nitrogen and oxygen atoms in total. The van der Waals surface area contributed by atoms with Crippen molar-refractivity contribution in [3.8, 4) is 5.88 Å². The molecule has 2 aromatic rings. The second kappa shape index (κ2) is 6.09. The largest absolute Gasteiger partial charge is 0.481 e. The summed E-state index contributed by atoms with van der Waals surface area (Å²) in [6.45, 7) is 3.92. The average molecular weight is 292 g/mol. The van der Waals surface area contributed by atoms with Crippen LogP contribution in [0, 0.1) is 6.92 Å². The van der Waals surface area contributed by atoms with E-state index in [1.807, 2.05) is 44.2 Å². The summed E-state index contributed by atoms with van der Waals surface area (Å²) in [5, 5.41) is 3.30.